The Bertz CT molecular complexity index is 689. The third kappa shape index (κ3) is 5.26. The van der Waals surface area contributed by atoms with E-state index in [1.807, 2.05) is 0 Å². The van der Waals surface area contributed by atoms with E-state index in [4.69, 9.17) is 0 Å². The van der Waals surface area contributed by atoms with Crippen LogP contribution in [0.3, 0.4) is 0 Å². The molecule has 1 amide bonds. The van der Waals surface area contributed by atoms with Gasteiger partial charge in [0.05, 0.1) is 5.69 Å². The Labute approximate surface area is 148 Å². The Morgan fingerprint density at radius 1 is 1.36 bits per heavy atom. The molecule has 2 N–H and O–H groups in total. The molecule has 136 valence electrons. The lowest BCUT2D eigenvalue weighted by Gasteiger charge is -2.28. The highest BCUT2D eigenvalue weighted by Crippen LogP contribution is 2.23. The molecule has 1 aromatic rings. The second-order valence-electron chi connectivity index (χ2n) is 7.24. The monoisotopic (exact) mass is 344 g/mol. The van der Waals surface area contributed by atoms with Crippen LogP contribution in [-0.4, -0.2) is 40.4 Å². The third-order valence-corrected chi connectivity index (χ3v) is 5.07. The molecular formula is C19H28N4O2. The van der Waals surface area contributed by atoms with Crippen LogP contribution in [0.25, 0.3) is 0 Å². The SMILES string of the molecule is Cc1nc(CN2CCC=C(CNC(=O)C3CCCCC3)C2)cc(=O)[nH]1. The first kappa shape index (κ1) is 17.9. The standard InChI is InChI=1S/C19H28N4O2/c1-14-21-17(10-18(24)22-14)13-23-9-5-6-15(12-23)11-20-19(25)16-7-3-2-4-8-16/h6,10,16H,2-5,7-9,11-13H2,1H3,(H,20,25)(H,21,22,24). The molecule has 0 unspecified atom stereocenters. The topological polar surface area (TPSA) is 78.1 Å². The number of aromatic amines is 1. The van der Waals surface area contributed by atoms with Gasteiger partial charge in [-0.1, -0.05) is 25.3 Å². The molecule has 0 radical (unpaired) electrons. The number of aromatic nitrogens is 2. The van der Waals surface area contributed by atoms with E-state index in [1.165, 1.54) is 24.8 Å². The fraction of sp³-hybridized carbons (Fsp3) is 0.632. The maximum Gasteiger partial charge on any atom is 0.251 e. The zero-order valence-electron chi connectivity index (χ0n) is 15.0. The second kappa shape index (κ2) is 8.43. The van der Waals surface area contributed by atoms with Crippen LogP contribution in [0.1, 0.15) is 50.0 Å². The number of amides is 1. The minimum atomic E-state index is -0.102. The zero-order valence-corrected chi connectivity index (χ0v) is 15.0. The van der Waals surface area contributed by atoms with Crippen molar-refractivity contribution in [2.24, 2.45) is 5.92 Å². The minimum absolute atomic E-state index is 0.102. The summed E-state index contributed by atoms with van der Waals surface area (Å²) in [7, 11) is 0. The summed E-state index contributed by atoms with van der Waals surface area (Å²) >= 11 is 0. The molecule has 3 rings (SSSR count). The summed E-state index contributed by atoms with van der Waals surface area (Å²) in [5.41, 5.74) is 1.95. The Balaban J connectivity index is 1.49. The van der Waals surface area contributed by atoms with Crippen LogP contribution in [0.4, 0.5) is 0 Å². The van der Waals surface area contributed by atoms with Gasteiger partial charge in [-0.15, -0.1) is 0 Å². The van der Waals surface area contributed by atoms with Crippen molar-refractivity contribution in [3.8, 4) is 0 Å². The van der Waals surface area contributed by atoms with Crippen molar-refractivity contribution in [1.82, 2.24) is 20.2 Å². The summed E-state index contributed by atoms with van der Waals surface area (Å²) in [5, 5.41) is 3.12. The first-order valence-corrected chi connectivity index (χ1v) is 9.35. The van der Waals surface area contributed by atoms with Crippen LogP contribution in [0.2, 0.25) is 0 Å². The maximum absolute atomic E-state index is 12.3. The number of aryl methyl sites for hydroxylation is 1. The average molecular weight is 344 g/mol. The van der Waals surface area contributed by atoms with E-state index in [1.54, 1.807) is 13.0 Å². The normalized spacial score (nSPS) is 19.5. The van der Waals surface area contributed by atoms with Gasteiger partial charge in [0.15, 0.2) is 0 Å². The summed E-state index contributed by atoms with van der Waals surface area (Å²) in [4.78, 5) is 33.2. The van der Waals surface area contributed by atoms with Gasteiger partial charge < -0.3 is 10.3 Å². The smallest absolute Gasteiger partial charge is 0.251 e. The van der Waals surface area contributed by atoms with Gasteiger partial charge in [-0.2, -0.15) is 0 Å². The molecule has 2 heterocycles. The van der Waals surface area contributed by atoms with Crippen molar-refractivity contribution in [2.45, 2.75) is 52.0 Å². The maximum atomic E-state index is 12.3. The van der Waals surface area contributed by atoms with Gasteiger partial charge in [-0.3, -0.25) is 14.5 Å². The van der Waals surface area contributed by atoms with Crippen molar-refractivity contribution < 1.29 is 4.79 Å². The number of carbonyl (C=O) groups is 1. The summed E-state index contributed by atoms with van der Waals surface area (Å²) in [6, 6.07) is 1.57. The van der Waals surface area contributed by atoms with Gasteiger partial charge >= 0.3 is 0 Å². The van der Waals surface area contributed by atoms with E-state index in [-0.39, 0.29) is 17.4 Å². The van der Waals surface area contributed by atoms with Crippen LogP contribution in [0.15, 0.2) is 22.5 Å². The highest BCUT2D eigenvalue weighted by Gasteiger charge is 2.21. The quantitative estimate of drug-likeness (QED) is 0.800. The Kier molecular flexibility index (Phi) is 6.02. The number of H-pyrrole nitrogens is 1. The molecule has 2 aliphatic rings. The van der Waals surface area contributed by atoms with Gasteiger partial charge in [0.1, 0.15) is 5.82 Å². The van der Waals surface area contributed by atoms with E-state index in [9.17, 15) is 9.59 Å². The number of nitrogens with zero attached hydrogens (tertiary/aromatic N) is 2. The van der Waals surface area contributed by atoms with E-state index < -0.39 is 0 Å². The first-order valence-electron chi connectivity index (χ1n) is 9.35. The Hall–Kier alpha value is -1.95. The largest absolute Gasteiger partial charge is 0.352 e. The predicted octanol–water partition coefficient (Wildman–Crippen LogP) is 1.91. The third-order valence-electron chi connectivity index (χ3n) is 5.07. The van der Waals surface area contributed by atoms with Gasteiger partial charge in [0.25, 0.3) is 5.56 Å². The van der Waals surface area contributed by atoms with E-state index >= 15 is 0 Å². The number of hydrogen-bond donors (Lipinski definition) is 2. The summed E-state index contributed by atoms with van der Waals surface area (Å²) < 4.78 is 0. The predicted molar refractivity (Wildman–Crippen MR) is 97.2 cm³/mol. The number of hydrogen-bond acceptors (Lipinski definition) is 4. The molecule has 25 heavy (non-hydrogen) atoms. The molecule has 1 aromatic heterocycles. The molecule has 6 nitrogen and oxygen atoms in total. The molecule has 1 aliphatic carbocycles. The number of carbonyl (C=O) groups excluding carboxylic acids is 1. The molecule has 0 bridgehead atoms. The van der Waals surface area contributed by atoms with Crippen molar-refractivity contribution in [3.63, 3.8) is 0 Å². The molecule has 0 aromatic carbocycles. The number of nitrogens with one attached hydrogen (secondary N) is 2. The van der Waals surface area contributed by atoms with E-state index in [0.717, 1.165) is 38.0 Å². The first-order chi connectivity index (χ1) is 12.1. The lowest BCUT2D eigenvalue weighted by atomic mass is 9.88. The van der Waals surface area contributed by atoms with Gasteiger partial charge in [0.2, 0.25) is 5.91 Å². The lowest BCUT2D eigenvalue weighted by Crippen LogP contribution is -2.37. The fourth-order valence-electron chi connectivity index (χ4n) is 3.81. The average Bonchev–Trinajstić information content (AvgIpc) is 2.60. The molecule has 0 atom stereocenters. The van der Waals surface area contributed by atoms with Crippen molar-refractivity contribution >= 4 is 5.91 Å². The lowest BCUT2D eigenvalue weighted by molar-refractivity contribution is -0.125. The molecule has 0 saturated heterocycles. The molecule has 1 saturated carbocycles. The summed E-state index contributed by atoms with van der Waals surface area (Å²) in [6.07, 6.45) is 8.88. The van der Waals surface area contributed by atoms with Gasteiger partial charge in [-0.05, 0) is 31.8 Å². The fourth-order valence-corrected chi connectivity index (χ4v) is 3.81. The zero-order chi connectivity index (χ0) is 17.6. The minimum Gasteiger partial charge on any atom is -0.352 e. The summed E-state index contributed by atoms with van der Waals surface area (Å²) in [6.45, 7) is 4.87. The van der Waals surface area contributed by atoms with Crippen LogP contribution < -0.4 is 10.9 Å². The van der Waals surface area contributed by atoms with Crippen LogP contribution in [0, 0.1) is 12.8 Å². The van der Waals surface area contributed by atoms with E-state index in [0.29, 0.717) is 18.9 Å². The van der Waals surface area contributed by atoms with Gasteiger partial charge in [-0.25, -0.2) is 4.98 Å². The highest BCUT2D eigenvalue weighted by molar-refractivity contribution is 5.78. The van der Waals surface area contributed by atoms with Crippen molar-refractivity contribution in [3.05, 3.63) is 39.6 Å². The molecule has 1 aliphatic heterocycles. The molecule has 1 fully saturated rings. The molecule has 0 spiro atoms. The Morgan fingerprint density at radius 3 is 2.92 bits per heavy atom. The van der Waals surface area contributed by atoms with E-state index in [2.05, 4.69) is 26.3 Å². The summed E-state index contributed by atoms with van der Waals surface area (Å²) in [5.74, 6) is 1.07. The van der Waals surface area contributed by atoms with Gasteiger partial charge in [0, 0.05) is 38.2 Å². The van der Waals surface area contributed by atoms with Crippen LogP contribution in [-0.2, 0) is 11.3 Å². The van der Waals surface area contributed by atoms with Crippen molar-refractivity contribution in [1.29, 1.82) is 0 Å². The molecule has 6 heteroatoms. The van der Waals surface area contributed by atoms with Crippen LogP contribution >= 0.6 is 0 Å². The Morgan fingerprint density at radius 2 is 2.16 bits per heavy atom. The van der Waals surface area contributed by atoms with Crippen molar-refractivity contribution in [2.75, 3.05) is 19.6 Å². The highest BCUT2D eigenvalue weighted by atomic mass is 16.1. The van der Waals surface area contributed by atoms with Crippen LogP contribution in [0.5, 0.6) is 0 Å². The second-order valence-corrected chi connectivity index (χ2v) is 7.24. The molecular weight excluding hydrogens is 316 g/mol. The number of rotatable bonds is 5.